The van der Waals surface area contributed by atoms with Gasteiger partial charge in [0, 0.05) is 19.3 Å². The van der Waals surface area contributed by atoms with Gasteiger partial charge in [-0.3, -0.25) is 14.4 Å². The van der Waals surface area contributed by atoms with Crippen molar-refractivity contribution in [3.05, 3.63) is 85.1 Å². The van der Waals surface area contributed by atoms with E-state index in [2.05, 4.69) is 106 Å². The molecule has 0 aliphatic rings. The largest absolute Gasteiger partial charge is 0.462 e. The number of rotatable bonds is 46. The average molecular weight is 877 g/mol. The lowest BCUT2D eigenvalue weighted by molar-refractivity contribution is -0.167. The van der Waals surface area contributed by atoms with Crippen molar-refractivity contribution in [1.82, 2.24) is 0 Å². The Morgan fingerprint density at radius 2 is 0.603 bits per heavy atom. The molecule has 0 aromatic heterocycles. The molecule has 0 saturated carbocycles. The van der Waals surface area contributed by atoms with Crippen LogP contribution in [0.4, 0.5) is 0 Å². The fraction of sp³-hybridized carbons (Fsp3) is 0.702. The van der Waals surface area contributed by atoms with Crippen molar-refractivity contribution in [3.8, 4) is 0 Å². The fourth-order valence-electron chi connectivity index (χ4n) is 6.95. The number of allylic oxidation sites excluding steroid dienone is 14. The zero-order valence-electron chi connectivity index (χ0n) is 41.1. The van der Waals surface area contributed by atoms with E-state index in [-0.39, 0.29) is 37.5 Å². The Kier molecular flexibility index (Phi) is 48.5. The summed E-state index contributed by atoms with van der Waals surface area (Å²) in [5.41, 5.74) is 0. The molecule has 0 saturated heterocycles. The summed E-state index contributed by atoms with van der Waals surface area (Å²) in [4.78, 5) is 37.9. The number of ether oxygens (including phenoxy) is 3. The summed E-state index contributed by atoms with van der Waals surface area (Å²) < 4.78 is 16.7. The van der Waals surface area contributed by atoms with Gasteiger partial charge in [0.2, 0.25) is 0 Å². The molecule has 6 heteroatoms. The normalized spacial score (nSPS) is 12.7. The molecule has 360 valence electrons. The van der Waals surface area contributed by atoms with Gasteiger partial charge in [-0.1, -0.05) is 215 Å². The maximum absolute atomic E-state index is 12.8. The molecular weight excluding hydrogens is 781 g/mol. The lowest BCUT2D eigenvalue weighted by atomic mass is 10.1. The first kappa shape index (κ1) is 59.6. The van der Waals surface area contributed by atoms with E-state index in [4.69, 9.17) is 14.2 Å². The van der Waals surface area contributed by atoms with Gasteiger partial charge in [-0.25, -0.2) is 0 Å². The van der Waals surface area contributed by atoms with E-state index in [1.807, 2.05) is 0 Å². The molecule has 0 aromatic rings. The Morgan fingerprint density at radius 3 is 1.05 bits per heavy atom. The van der Waals surface area contributed by atoms with Gasteiger partial charge in [0.15, 0.2) is 6.10 Å². The third-order valence-corrected chi connectivity index (χ3v) is 11.0. The molecule has 0 heterocycles. The van der Waals surface area contributed by atoms with Gasteiger partial charge in [0.25, 0.3) is 0 Å². The molecule has 0 N–H and O–H groups in total. The summed E-state index contributed by atoms with van der Waals surface area (Å²) in [7, 11) is 0. The molecule has 6 nitrogen and oxygen atoms in total. The molecule has 1 atom stereocenters. The van der Waals surface area contributed by atoms with Crippen molar-refractivity contribution in [3.63, 3.8) is 0 Å². The SMILES string of the molecule is CCCC/C=C\CCCCCCCC(=O)OCC(COC(=O)CCCCCCC\C=C/C=C\C=C/C=C\CCCCC)OC(=O)CCCCC/C=C\C=C/CCCCCCCCC. The highest BCUT2D eigenvalue weighted by Gasteiger charge is 2.19. The van der Waals surface area contributed by atoms with E-state index in [0.29, 0.717) is 12.8 Å². The van der Waals surface area contributed by atoms with Crippen LogP contribution < -0.4 is 0 Å². The van der Waals surface area contributed by atoms with Crippen LogP contribution in [0.1, 0.15) is 239 Å². The molecule has 0 rings (SSSR count). The predicted molar refractivity (Wildman–Crippen MR) is 270 cm³/mol. The minimum absolute atomic E-state index is 0.100. The van der Waals surface area contributed by atoms with Crippen molar-refractivity contribution < 1.29 is 28.6 Å². The molecule has 63 heavy (non-hydrogen) atoms. The topological polar surface area (TPSA) is 78.9 Å². The lowest BCUT2D eigenvalue weighted by Gasteiger charge is -2.18. The number of hydrogen-bond donors (Lipinski definition) is 0. The number of carbonyl (C=O) groups excluding carboxylic acids is 3. The quantitative estimate of drug-likeness (QED) is 0.0199. The Labute approximate surface area is 388 Å². The molecule has 0 amide bonds. The molecule has 0 aliphatic carbocycles. The van der Waals surface area contributed by atoms with Crippen molar-refractivity contribution >= 4 is 17.9 Å². The minimum atomic E-state index is -0.803. The van der Waals surface area contributed by atoms with Crippen LogP contribution in [0.15, 0.2) is 85.1 Å². The monoisotopic (exact) mass is 877 g/mol. The maximum atomic E-state index is 12.8. The third kappa shape index (κ3) is 49.5. The highest BCUT2D eigenvalue weighted by Crippen LogP contribution is 2.13. The third-order valence-electron chi connectivity index (χ3n) is 11.0. The number of unbranched alkanes of at least 4 members (excludes halogenated alkanes) is 25. The van der Waals surface area contributed by atoms with Crippen LogP contribution in [-0.4, -0.2) is 37.2 Å². The van der Waals surface area contributed by atoms with E-state index < -0.39 is 6.10 Å². The van der Waals surface area contributed by atoms with Gasteiger partial charge in [-0.15, -0.1) is 0 Å². The smallest absolute Gasteiger partial charge is 0.306 e. The molecule has 0 aromatic carbocycles. The van der Waals surface area contributed by atoms with Crippen molar-refractivity contribution in [2.45, 2.75) is 245 Å². The molecule has 0 aliphatic heterocycles. The van der Waals surface area contributed by atoms with Gasteiger partial charge in [-0.2, -0.15) is 0 Å². The predicted octanol–water partition coefficient (Wildman–Crippen LogP) is 17.2. The van der Waals surface area contributed by atoms with Gasteiger partial charge >= 0.3 is 17.9 Å². The first-order valence-electron chi connectivity index (χ1n) is 26.2. The van der Waals surface area contributed by atoms with Crippen LogP contribution in [-0.2, 0) is 28.6 Å². The van der Waals surface area contributed by atoms with Crippen LogP contribution in [0.5, 0.6) is 0 Å². The second-order valence-corrected chi connectivity index (χ2v) is 17.2. The molecular formula is C57H96O6. The summed E-state index contributed by atoms with van der Waals surface area (Å²) in [5.74, 6) is -0.961. The second kappa shape index (κ2) is 51.2. The van der Waals surface area contributed by atoms with Gasteiger partial charge in [-0.05, 0) is 89.9 Å². The lowest BCUT2D eigenvalue weighted by Crippen LogP contribution is -2.30. The van der Waals surface area contributed by atoms with Crippen LogP contribution in [0.2, 0.25) is 0 Å². The van der Waals surface area contributed by atoms with E-state index in [1.54, 1.807) is 0 Å². The van der Waals surface area contributed by atoms with E-state index >= 15 is 0 Å². The first-order chi connectivity index (χ1) is 31.0. The molecule has 0 spiro atoms. The Morgan fingerprint density at radius 1 is 0.317 bits per heavy atom. The minimum Gasteiger partial charge on any atom is -0.462 e. The zero-order valence-corrected chi connectivity index (χ0v) is 41.1. The highest BCUT2D eigenvalue weighted by atomic mass is 16.6. The maximum Gasteiger partial charge on any atom is 0.306 e. The summed E-state index contributed by atoms with van der Waals surface area (Å²) in [6.07, 6.45) is 65.6. The van der Waals surface area contributed by atoms with E-state index in [0.717, 1.165) is 109 Å². The van der Waals surface area contributed by atoms with E-state index in [1.165, 1.54) is 89.9 Å². The molecule has 0 bridgehead atoms. The van der Waals surface area contributed by atoms with E-state index in [9.17, 15) is 14.4 Å². The molecule has 0 radical (unpaired) electrons. The summed E-state index contributed by atoms with van der Waals surface area (Å²) in [5, 5.41) is 0. The summed E-state index contributed by atoms with van der Waals surface area (Å²) in [6.45, 7) is 6.50. The summed E-state index contributed by atoms with van der Waals surface area (Å²) >= 11 is 0. The number of carbonyl (C=O) groups is 3. The van der Waals surface area contributed by atoms with Crippen molar-refractivity contribution in [1.29, 1.82) is 0 Å². The van der Waals surface area contributed by atoms with Gasteiger partial charge in [0.1, 0.15) is 13.2 Å². The molecule has 0 fully saturated rings. The number of esters is 3. The van der Waals surface area contributed by atoms with Crippen LogP contribution in [0.3, 0.4) is 0 Å². The average Bonchev–Trinajstić information content (AvgIpc) is 3.28. The zero-order chi connectivity index (χ0) is 45.8. The summed E-state index contributed by atoms with van der Waals surface area (Å²) in [6, 6.07) is 0. The van der Waals surface area contributed by atoms with Gasteiger partial charge in [0.05, 0.1) is 0 Å². The Balaban J connectivity index is 4.48. The second-order valence-electron chi connectivity index (χ2n) is 17.2. The van der Waals surface area contributed by atoms with Crippen LogP contribution >= 0.6 is 0 Å². The van der Waals surface area contributed by atoms with Crippen LogP contribution in [0, 0.1) is 0 Å². The first-order valence-corrected chi connectivity index (χ1v) is 26.2. The fourth-order valence-corrected chi connectivity index (χ4v) is 6.95. The van der Waals surface area contributed by atoms with Crippen molar-refractivity contribution in [2.24, 2.45) is 0 Å². The Hall–Kier alpha value is -3.41. The Bertz CT molecular complexity index is 1240. The number of hydrogen-bond acceptors (Lipinski definition) is 6. The van der Waals surface area contributed by atoms with Gasteiger partial charge < -0.3 is 14.2 Å². The molecule has 1 unspecified atom stereocenters. The highest BCUT2D eigenvalue weighted by molar-refractivity contribution is 5.71. The van der Waals surface area contributed by atoms with Crippen LogP contribution in [0.25, 0.3) is 0 Å². The van der Waals surface area contributed by atoms with Crippen molar-refractivity contribution in [2.75, 3.05) is 13.2 Å². The standard InChI is InChI=1S/C57H96O6/c1-4-7-10-13-16-19-22-24-26-28-29-31-32-35-38-41-44-47-50-56(59)62-53-54(52-61-55(58)49-46-43-40-37-34-21-18-15-12-9-6-3)63-57(60)51-48-45-42-39-36-33-30-27-25-23-20-17-14-11-8-5-2/h15-16,18-19,22,24,26-31,33,36,54H,4-14,17,20-21,23,25,32,34-35,37-53H2,1-3H3/b18-15-,19-16-,24-22-,28-26-,30-27-,31-29-,36-33-.